The first-order chi connectivity index (χ1) is 8.86. The van der Waals surface area contributed by atoms with E-state index in [-0.39, 0.29) is 0 Å². The van der Waals surface area contributed by atoms with Crippen molar-refractivity contribution in [2.75, 3.05) is 23.9 Å². The first kappa shape index (κ1) is 11.8. The fraction of sp³-hybridized carbons (Fsp3) is 0.538. The molecule has 1 saturated heterocycles. The van der Waals surface area contributed by atoms with Crippen molar-refractivity contribution in [2.24, 2.45) is 5.92 Å². The van der Waals surface area contributed by atoms with E-state index in [1.807, 2.05) is 18.3 Å². The van der Waals surface area contributed by atoms with Crippen molar-refractivity contribution in [1.29, 1.82) is 0 Å². The zero-order chi connectivity index (χ0) is 12.4. The molecular formula is C13H17ClN4. The van der Waals surface area contributed by atoms with Gasteiger partial charge in [-0.05, 0) is 31.2 Å². The number of aromatic nitrogens is 3. The molecule has 2 aromatic rings. The van der Waals surface area contributed by atoms with Crippen molar-refractivity contribution in [3.8, 4) is 0 Å². The van der Waals surface area contributed by atoms with Crippen molar-refractivity contribution >= 4 is 23.1 Å². The monoisotopic (exact) mass is 264 g/mol. The van der Waals surface area contributed by atoms with Crippen molar-refractivity contribution in [3.05, 3.63) is 24.5 Å². The van der Waals surface area contributed by atoms with Crippen molar-refractivity contribution in [3.63, 3.8) is 0 Å². The van der Waals surface area contributed by atoms with E-state index >= 15 is 0 Å². The molecule has 0 bridgehead atoms. The Morgan fingerprint density at radius 1 is 1.39 bits per heavy atom. The predicted molar refractivity (Wildman–Crippen MR) is 73.3 cm³/mol. The molecule has 0 N–H and O–H groups in total. The second-order valence-corrected chi connectivity index (χ2v) is 5.23. The summed E-state index contributed by atoms with van der Waals surface area (Å²) >= 11 is 5.85. The third-order valence-electron chi connectivity index (χ3n) is 3.60. The van der Waals surface area contributed by atoms with Crippen LogP contribution in [0, 0.1) is 5.92 Å². The third-order valence-corrected chi connectivity index (χ3v) is 3.82. The Hall–Kier alpha value is -1.29. The number of fused-ring (bicyclic) bond motifs is 1. The molecule has 2 aromatic heterocycles. The zero-order valence-electron chi connectivity index (χ0n) is 10.3. The van der Waals surface area contributed by atoms with E-state index in [0.29, 0.717) is 5.92 Å². The minimum atomic E-state index is 0.708. The standard InChI is InChI=1S/C13H17ClN4/c14-6-3-11-2-1-8-17(10-11)12-5-9-18-13(16-12)4-7-15-18/h4-5,7,9,11H,1-3,6,8,10H2. The van der Waals surface area contributed by atoms with Gasteiger partial charge in [-0.3, -0.25) is 0 Å². The lowest BCUT2D eigenvalue weighted by Crippen LogP contribution is -2.36. The van der Waals surface area contributed by atoms with Crippen molar-refractivity contribution in [2.45, 2.75) is 19.3 Å². The van der Waals surface area contributed by atoms with Gasteiger partial charge in [0.2, 0.25) is 0 Å². The first-order valence-electron chi connectivity index (χ1n) is 6.48. The quantitative estimate of drug-likeness (QED) is 0.799. The lowest BCUT2D eigenvalue weighted by Gasteiger charge is -2.33. The van der Waals surface area contributed by atoms with E-state index in [9.17, 15) is 0 Å². The smallest absolute Gasteiger partial charge is 0.157 e. The normalized spacial score (nSPS) is 20.5. The number of hydrogen-bond donors (Lipinski definition) is 0. The van der Waals surface area contributed by atoms with Crippen LogP contribution < -0.4 is 4.90 Å². The van der Waals surface area contributed by atoms with Crippen LogP contribution in [0.4, 0.5) is 5.82 Å². The van der Waals surface area contributed by atoms with Crippen LogP contribution in [0.15, 0.2) is 24.5 Å². The lowest BCUT2D eigenvalue weighted by molar-refractivity contribution is 0.404. The maximum Gasteiger partial charge on any atom is 0.157 e. The van der Waals surface area contributed by atoms with Crippen LogP contribution in [0.5, 0.6) is 0 Å². The Kier molecular flexibility index (Phi) is 3.37. The van der Waals surface area contributed by atoms with Crippen LogP contribution in [0.1, 0.15) is 19.3 Å². The van der Waals surface area contributed by atoms with Gasteiger partial charge in [-0.25, -0.2) is 9.50 Å². The number of piperidine rings is 1. The summed E-state index contributed by atoms with van der Waals surface area (Å²) in [4.78, 5) is 7.02. The van der Waals surface area contributed by atoms with Crippen LogP contribution in [0.2, 0.25) is 0 Å². The zero-order valence-corrected chi connectivity index (χ0v) is 11.1. The van der Waals surface area contributed by atoms with E-state index in [4.69, 9.17) is 11.6 Å². The van der Waals surface area contributed by atoms with Crippen LogP contribution in [-0.2, 0) is 0 Å². The molecule has 1 fully saturated rings. The fourth-order valence-electron chi connectivity index (χ4n) is 2.64. The minimum Gasteiger partial charge on any atom is -0.356 e. The molecule has 1 aliphatic heterocycles. The van der Waals surface area contributed by atoms with Gasteiger partial charge < -0.3 is 4.90 Å². The SMILES string of the molecule is ClCCC1CCCN(c2ccn3nccc3n2)C1. The topological polar surface area (TPSA) is 33.4 Å². The Bertz CT molecular complexity index is 522. The van der Waals surface area contributed by atoms with Gasteiger partial charge in [-0.2, -0.15) is 5.10 Å². The van der Waals surface area contributed by atoms with Gasteiger partial charge >= 0.3 is 0 Å². The van der Waals surface area contributed by atoms with Crippen molar-refractivity contribution < 1.29 is 0 Å². The van der Waals surface area contributed by atoms with Gasteiger partial charge in [-0.15, -0.1) is 11.6 Å². The molecule has 0 saturated carbocycles. The summed E-state index contributed by atoms with van der Waals surface area (Å²) < 4.78 is 1.80. The first-order valence-corrected chi connectivity index (χ1v) is 7.01. The summed E-state index contributed by atoms with van der Waals surface area (Å²) in [6, 6.07) is 3.98. The molecule has 0 amide bonds. The number of rotatable bonds is 3. The molecule has 5 heteroatoms. The van der Waals surface area contributed by atoms with E-state index in [1.54, 1.807) is 10.7 Å². The van der Waals surface area contributed by atoms with E-state index in [2.05, 4.69) is 15.0 Å². The van der Waals surface area contributed by atoms with Gasteiger partial charge in [-0.1, -0.05) is 0 Å². The summed E-state index contributed by atoms with van der Waals surface area (Å²) in [5.74, 6) is 2.52. The molecule has 96 valence electrons. The second kappa shape index (κ2) is 5.14. The minimum absolute atomic E-state index is 0.708. The number of nitrogens with zero attached hydrogens (tertiary/aromatic N) is 4. The molecule has 1 unspecified atom stereocenters. The van der Waals surface area contributed by atoms with Crippen LogP contribution in [0.3, 0.4) is 0 Å². The van der Waals surface area contributed by atoms with Crippen LogP contribution in [0.25, 0.3) is 5.65 Å². The van der Waals surface area contributed by atoms with Gasteiger partial charge in [0.1, 0.15) is 5.82 Å². The maximum absolute atomic E-state index is 5.85. The maximum atomic E-state index is 5.85. The average molecular weight is 265 g/mol. The molecule has 0 radical (unpaired) electrons. The molecule has 3 heterocycles. The number of alkyl halides is 1. The van der Waals surface area contributed by atoms with E-state index in [1.165, 1.54) is 12.8 Å². The lowest BCUT2D eigenvalue weighted by atomic mass is 9.95. The molecule has 0 aliphatic carbocycles. The van der Waals surface area contributed by atoms with Gasteiger partial charge in [0.05, 0.1) is 6.20 Å². The summed E-state index contributed by atoms with van der Waals surface area (Å²) in [7, 11) is 0. The molecule has 3 rings (SSSR count). The van der Waals surface area contributed by atoms with Gasteiger partial charge in [0.25, 0.3) is 0 Å². The van der Waals surface area contributed by atoms with E-state index in [0.717, 1.165) is 36.9 Å². The average Bonchev–Trinajstić information content (AvgIpc) is 2.86. The highest BCUT2D eigenvalue weighted by molar-refractivity contribution is 6.17. The Morgan fingerprint density at radius 3 is 3.22 bits per heavy atom. The largest absolute Gasteiger partial charge is 0.356 e. The summed E-state index contributed by atoms with van der Waals surface area (Å²) in [5, 5.41) is 4.17. The molecule has 4 nitrogen and oxygen atoms in total. The second-order valence-electron chi connectivity index (χ2n) is 4.85. The number of anilines is 1. The van der Waals surface area contributed by atoms with E-state index < -0.39 is 0 Å². The van der Waals surface area contributed by atoms with Crippen molar-refractivity contribution in [1.82, 2.24) is 14.6 Å². The molecule has 0 aromatic carbocycles. The molecule has 18 heavy (non-hydrogen) atoms. The van der Waals surface area contributed by atoms with Crippen LogP contribution >= 0.6 is 11.6 Å². The Balaban J connectivity index is 1.80. The molecular weight excluding hydrogens is 248 g/mol. The molecule has 1 aliphatic rings. The molecule has 0 spiro atoms. The number of halogens is 1. The summed E-state index contributed by atoms with van der Waals surface area (Å²) in [6.45, 7) is 2.17. The molecule has 1 atom stereocenters. The van der Waals surface area contributed by atoms with Crippen LogP contribution in [-0.4, -0.2) is 33.6 Å². The Labute approximate surface area is 112 Å². The predicted octanol–water partition coefficient (Wildman–Crippen LogP) is 2.57. The van der Waals surface area contributed by atoms with Gasteiger partial charge in [0.15, 0.2) is 5.65 Å². The summed E-state index contributed by atoms with van der Waals surface area (Å²) in [6.07, 6.45) is 7.38. The Morgan fingerprint density at radius 2 is 2.33 bits per heavy atom. The number of hydrogen-bond acceptors (Lipinski definition) is 3. The highest BCUT2D eigenvalue weighted by Crippen LogP contribution is 2.24. The van der Waals surface area contributed by atoms with Gasteiger partial charge in [0, 0.05) is 31.2 Å². The third kappa shape index (κ3) is 2.29. The fourth-order valence-corrected chi connectivity index (χ4v) is 2.95. The summed E-state index contributed by atoms with van der Waals surface area (Å²) in [5.41, 5.74) is 0.909. The highest BCUT2D eigenvalue weighted by atomic mass is 35.5. The highest BCUT2D eigenvalue weighted by Gasteiger charge is 2.20.